The van der Waals surface area contributed by atoms with E-state index in [0.717, 1.165) is 18.6 Å². The van der Waals surface area contributed by atoms with Gasteiger partial charge in [-0.15, -0.1) is 0 Å². The lowest BCUT2D eigenvalue weighted by atomic mass is 9.64. The van der Waals surface area contributed by atoms with Gasteiger partial charge in [0.1, 0.15) is 5.82 Å². The van der Waals surface area contributed by atoms with Crippen molar-refractivity contribution in [1.29, 1.82) is 0 Å². The molecule has 0 aromatic heterocycles. The summed E-state index contributed by atoms with van der Waals surface area (Å²) in [4.78, 5) is 0. The molecule has 1 N–H and O–H groups in total. The number of halogens is 1. The molecule has 0 saturated heterocycles. The molecular weight excluding hydrogens is 265 g/mol. The third-order valence-corrected chi connectivity index (χ3v) is 4.61. The second kappa shape index (κ2) is 6.45. The highest BCUT2D eigenvalue weighted by molar-refractivity contribution is 5.20. The van der Waals surface area contributed by atoms with Gasteiger partial charge in [0.05, 0.1) is 6.10 Å². The zero-order valence-corrected chi connectivity index (χ0v) is 13.8. The molecule has 0 amide bonds. The minimum Gasteiger partial charge on any atom is -0.377 e. The van der Waals surface area contributed by atoms with E-state index in [1.165, 1.54) is 6.07 Å². The van der Waals surface area contributed by atoms with E-state index in [9.17, 15) is 4.39 Å². The largest absolute Gasteiger partial charge is 0.377 e. The van der Waals surface area contributed by atoms with Gasteiger partial charge in [0.15, 0.2) is 0 Å². The zero-order chi connectivity index (χ0) is 15.6. The minimum absolute atomic E-state index is 0.122. The molecule has 0 spiro atoms. The minimum atomic E-state index is -0.174. The third-order valence-electron chi connectivity index (χ3n) is 4.61. The molecule has 0 heterocycles. The predicted molar refractivity (Wildman–Crippen MR) is 84.7 cm³/mol. The van der Waals surface area contributed by atoms with Gasteiger partial charge in [0.2, 0.25) is 0 Å². The van der Waals surface area contributed by atoms with E-state index in [-0.39, 0.29) is 17.3 Å². The van der Waals surface area contributed by atoms with Crippen LogP contribution in [0.4, 0.5) is 4.39 Å². The van der Waals surface area contributed by atoms with Crippen LogP contribution in [-0.2, 0) is 4.74 Å². The molecule has 1 aromatic rings. The summed E-state index contributed by atoms with van der Waals surface area (Å²) in [7, 11) is 0. The molecule has 2 unspecified atom stereocenters. The van der Waals surface area contributed by atoms with Crippen molar-refractivity contribution in [2.75, 3.05) is 6.61 Å². The fourth-order valence-corrected chi connectivity index (χ4v) is 2.93. The van der Waals surface area contributed by atoms with Crippen molar-refractivity contribution in [2.24, 2.45) is 11.3 Å². The molecule has 2 rings (SSSR count). The fraction of sp³-hybridized carbons (Fsp3) is 0.667. The quantitative estimate of drug-likeness (QED) is 0.843. The standard InChI is InChI=1S/C18H28FNO/c1-12(2)11-21-17-10-16(18(17,4)5)20-13(3)14-7-6-8-15(19)9-14/h6-9,12-13,16-17,20H,10-11H2,1-5H3/t13-,16?,17?/m1/s1. The van der Waals surface area contributed by atoms with Gasteiger partial charge >= 0.3 is 0 Å². The van der Waals surface area contributed by atoms with Gasteiger partial charge in [-0.05, 0) is 37.0 Å². The maximum absolute atomic E-state index is 13.3. The van der Waals surface area contributed by atoms with Crippen molar-refractivity contribution in [3.63, 3.8) is 0 Å². The Labute approximate surface area is 128 Å². The van der Waals surface area contributed by atoms with E-state index in [2.05, 4.69) is 39.9 Å². The van der Waals surface area contributed by atoms with Gasteiger partial charge in [-0.25, -0.2) is 4.39 Å². The van der Waals surface area contributed by atoms with Crippen LogP contribution in [0.15, 0.2) is 24.3 Å². The Morgan fingerprint density at radius 1 is 1.33 bits per heavy atom. The Bertz CT molecular complexity index is 472. The van der Waals surface area contributed by atoms with E-state index < -0.39 is 0 Å². The first-order valence-electron chi connectivity index (χ1n) is 7.93. The number of nitrogens with one attached hydrogen (secondary N) is 1. The van der Waals surface area contributed by atoms with Crippen LogP contribution in [0.5, 0.6) is 0 Å². The van der Waals surface area contributed by atoms with Gasteiger partial charge in [-0.2, -0.15) is 0 Å². The summed E-state index contributed by atoms with van der Waals surface area (Å²) < 4.78 is 19.3. The molecule has 1 aliphatic rings. The van der Waals surface area contributed by atoms with E-state index in [1.54, 1.807) is 12.1 Å². The second-order valence-electron chi connectivity index (χ2n) is 7.27. The summed E-state index contributed by atoms with van der Waals surface area (Å²) in [6, 6.07) is 7.39. The maximum atomic E-state index is 13.3. The van der Waals surface area contributed by atoms with Crippen LogP contribution in [0.25, 0.3) is 0 Å². The van der Waals surface area contributed by atoms with Gasteiger partial charge in [0.25, 0.3) is 0 Å². The monoisotopic (exact) mass is 293 g/mol. The summed E-state index contributed by atoms with van der Waals surface area (Å²) in [5, 5.41) is 3.62. The Morgan fingerprint density at radius 3 is 2.62 bits per heavy atom. The topological polar surface area (TPSA) is 21.3 Å². The van der Waals surface area contributed by atoms with Crippen LogP contribution >= 0.6 is 0 Å². The summed E-state index contributed by atoms with van der Waals surface area (Å²) in [5.41, 5.74) is 1.12. The number of benzene rings is 1. The SMILES string of the molecule is CC(C)COC1CC(N[C@H](C)c2cccc(F)c2)C1(C)C. The lowest BCUT2D eigenvalue weighted by Gasteiger charge is -2.53. The molecule has 21 heavy (non-hydrogen) atoms. The summed E-state index contributed by atoms with van der Waals surface area (Å²) in [5.74, 6) is 0.395. The van der Waals surface area contributed by atoms with Crippen molar-refractivity contribution in [3.05, 3.63) is 35.6 Å². The molecule has 0 bridgehead atoms. The number of ether oxygens (including phenoxy) is 1. The molecule has 0 radical (unpaired) electrons. The van der Waals surface area contributed by atoms with Gasteiger partial charge in [-0.3, -0.25) is 0 Å². The number of hydrogen-bond acceptors (Lipinski definition) is 2. The van der Waals surface area contributed by atoms with Crippen LogP contribution < -0.4 is 5.32 Å². The van der Waals surface area contributed by atoms with Crippen LogP contribution in [0.1, 0.15) is 52.6 Å². The summed E-state index contributed by atoms with van der Waals surface area (Å²) >= 11 is 0. The van der Waals surface area contributed by atoms with Crippen LogP contribution in [0.3, 0.4) is 0 Å². The average Bonchev–Trinajstić information content (AvgIpc) is 2.41. The van der Waals surface area contributed by atoms with Crippen molar-refractivity contribution in [3.8, 4) is 0 Å². The highest BCUT2D eigenvalue weighted by Gasteiger charge is 2.49. The molecule has 0 aliphatic heterocycles. The normalized spacial score (nSPS) is 25.7. The average molecular weight is 293 g/mol. The van der Waals surface area contributed by atoms with E-state index >= 15 is 0 Å². The first-order chi connectivity index (χ1) is 9.80. The molecule has 3 heteroatoms. The summed E-state index contributed by atoms with van der Waals surface area (Å²) in [6.07, 6.45) is 1.34. The third kappa shape index (κ3) is 3.83. The first kappa shape index (κ1) is 16.4. The molecule has 1 saturated carbocycles. The zero-order valence-electron chi connectivity index (χ0n) is 13.8. The second-order valence-corrected chi connectivity index (χ2v) is 7.27. The molecule has 1 fully saturated rings. The molecule has 3 atom stereocenters. The smallest absolute Gasteiger partial charge is 0.123 e. The van der Waals surface area contributed by atoms with Crippen LogP contribution in [0, 0.1) is 17.2 Å². The van der Waals surface area contributed by atoms with Crippen LogP contribution in [-0.4, -0.2) is 18.8 Å². The van der Waals surface area contributed by atoms with Gasteiger partial charge < -0.3 is 10.1 Å². The van der Waals surface area contributed by atoms with E-state index in [4.69, 9.17) is 4.74 Å². The molecule has 2 nitrogen and oxygen atoms in total. The first-order valence-corrected chi connectivity index (χ1v) is 7.93. The van der Waals surface area contributed by atoms with Crippen LogP contribution in [0.2, 0.25) is 0 Å². The summed E-state index contributed by atoms with van der Waals surface area (Å²) in [6.45, 7) is 11.8. The predicted octanol–water partition coefficient (Wildman–Crippen LogP) is 4.32. The van der Waals surface area contributed by atoms with E-state index in [1.807, 2.05) is 6.07 Å². The molecule has 1 aliphatic carbocycles. The number of hydrogen-bond donors (Lipinski definition) is 1. The van der Waals surface area contributed by atoms with Gasteiger partial charge in [0, 0.05) is 24.1 Å². The Morgan fingerprint density at radius 2 is 2.05 bits per heavy atom. The Hall–Kier alpha value is -0.930. The fourth-order valence-electron chi connectivity index (χ4n) is 2.93. The molecule has 118 valence electrons. The van der Waals surface area contributed by atoms with Crippen molar-refractivity contribution < 1.29 is 9.13 Å². The van der Waals surface area contributed by atoms with Crippen molar-refractivity contribution >= 4 is 0 Å². The van der Waals surface area contributed by atoms with Crippen molar-refractivity contribution in [1.82, 2.24) is 5.32 Å². The van der Waals surface area contributed by atoms with Gasteiger partial charge in [-0.1, -0.05) is 39.8 Å². The highest BCUT2D eigenvalue weighted by Crippen LogP contribution is 2.43. The molecular formula is C18H28FNO. The lowest BCUT2D eigenvalue weighted by molar-refractivity contribution is -0.125. The van der Waals surface area contributed by atoms with Crippen molar-refractivity contribution in [2.45, 2.75) is 59.2 Å². The maximum Gasteiger partial charge on any atom is 0.123 e. The Kier molecular flexibility index (Phi) is 5.05. The lowest BCUT2D eigenvalue weighted by Crippen LogP contribution is -2.61. The number of rotatable bonds is 6. The Balaban J connectivity index is 1.90. The molecule has 1 aromatic carbocycles. The van der Waals surface area contributed by atoms with E-state index in [0.29, 0.717) is 18.1 Å². The highest BCUT2D eigenvalue weighted by atomic mass is 19.1.